The van der Waals surface area contributed by atoms with Crippen LogP contribution in [0.3, 0.4) is 0 Å². The molecule has 4 rings (SSSR count). The Kier molecular flexibility index (Phi) is 3.77. The maximum Gasteiger partial charge on any atom is 0.134 e. The van der Waals surface area contributed by atoms with Gasteiger partial charge in [-0.2, -0.15) is 0 Å². The van der Waals surface area contributed by atoms with E-state index in [9.17, 15) is 0 Å². The molecule has 0 spiro atoms. The standard InChI is InChI=1S/C15H20N4S2/c1-10-9-12(11-5-8-20-15(11)21-10)16-6-4-14-18-17-13-3-2-7-19(13)14/h5,8,10,12,16H,2-4,6-7,9H2,1H3/t10-,12+/m0/s1. The van der Waals surface area contributed by atoms with E-state index < -0.39 is 0 Å². The highest BCUT2D eigenvalue weighted by molar-refractivity contribution is 8.01. The topological polar surface area (TPSA) is 42.7 Å². The van der Waals surface area contributed by atoms with Crippen molar-refractivity contribution in [1.29, 1.82) is 0 Å². The first-order valence-electron chi connectivity index (χ1n) is 7.69. The van der Waals surface area contributed by atoms with E-state index >= 15 is 0 Å². The smallest absolute Gasteiger partial charge is 0.134 e. The van der Waals surface area contributed by atoms with Gasteiger partial charge in [-0.25, -0.2) is 0 Å². The minimum atomic E-state index is 0.503. The van der Waals surface area contributed by atoms with E-state index in [4.69, 9.17) is 0 Å². The van der Waals surface area contributed by atoms with Gasteiger partial charge in [-0.1, -0.05) is 6.92 Å². The van der Waals surface area contributed by atoms with Gasteiger partial charge < -0.3 is 9.88 Å². The van der Waals surface area contributed by atoms with Gasteiger partial charge in [0.2, 0.25) is 0 Å². The van der Waals surface area contributed by atoms with Gasteiger partial charge >= 0.3 is 0 Å². The Morgan fingerprint density at radius 1 is 1.43 bits per heavy atom. The molecule has 0 fully saturated rings. The van der Waals surface area contributed by atoms with E-state index in [2.05, 4.69) is 38.5 Å². The molecule has 0 amide bonds. The van der Waals surface area contributed by atoms with E-state index in [0.717, 1.165) is 31.8 Å². The van der Waals surface area contributed by atoms with Crippen LogP contribution < -0.4 is 5.32 Å². The van der Waals surface area contributed by atoms with E-state index in [1.165, 1.54) is 28.4 Å². The SMILES string of the molecule is C[C@H]1C[C@@H](NCCc2nnc3n2CCC3)c2ccsc2S1. The van der Waals surface area contributed by atoms with Gasteiger partial charge in [-0.05, 0) is 29.9 Å². The van der Waals surface area contributed by atoms with Crippen molar-refractivity contribution in [3.8, 4) is 0 Å². The Morgan fingerprint density at radius 2 is 2.38 bits per heavy atom. The van der Waals surface area contributed by atoms with Gasteiger partial charge in [0.05, 0.1) is 4.21 Å². The zero-order chi connectivity index (χ0) is 14.2. The highest BCUT2D eigenvalue weighted by Crippen LogP contribution is 2.43. The van der Waals surface area contributed by atoms with Crippen molar-refractivity contribution in [3.63, 3.8) is 0 Å². The second-order valence-corrected chi connectivity index (χ2v) is 8.50. The fraction of sp³-hybridized carbons (Fsp3) is 0.600. The molecule has 21 heavy (non-hydrogen) atoms. The summed E-state index contributed by atoms with van der Waals surface area (Å²) < 4.78 is 3.80. The monoisotopic (exact) mass is 320 g/mol. The first-order chi connectivity index (χ1) is 10.3. The highest BCUT2D eigenvalue weighted by atomic mass is 32.2. The molecule has 6 heteroatoms. The van der Waals surface area contributed by atoms with Crippen LogP contribution in [0.4, 0.5) is 0 Å². The molecule has 0 radical (unpaired) electrons. The van der Waals surface area contributed by atoms with Crippen molar-refractivity contribution in [2.24, 2.45) is 0 Å². The van der Waals surface area contributed by atoms with Crippen molar-refractivity contribution in [2.45, 2.75) is 54.7 Å². The van der Waals surface area contributed by atoms with Crippen LogP contribution in [-0.4, -0.2) is 26.6 Å². The lowest BCUT2D eigenvalue weighted by molar-refractivity contribution is 0.485. The van der Waals surface area contributed by atoms with Gasteiger partial charge in [-0.15, -0.1) is 33.3 Å². The summed E-state index contributed by atoms with van der Waals surface area (Å²) in [6.45, 7) is 4.41. The summed E-state index contributed by atoms with van der Waals surface area (Å²) in [6, 6.07) is 2.79. The molecule has 1 N–H and O–H groups in total. The fourth-order valence-corrected chi connectivity index (χ4v) is 5.86. The number of hydrogen-bond donors (Lipinski definition) is 1. The van der Waals surface area contributed by atoms with Gasteiger partial charge in [0.1, 0.15) is 11.6 Å². The summed E-state index contributed by atoms with van der Waals surface area (Å²) in [5, 5.41) is 15.3. The second-order valence-electron chi connectivity index (χ2n) is 5.87. The number of fused-ring (bicyclic) bond motifs is 2. The average molecular weight is 320 g/mol. The van der Waals surface area contributed by atoms with Crippen LogP contribution >= 0.6 is 23.1 Å². The van der Waals surface area contributed by atoms with Gasteiger partial charge in [0.15, 0.2) is 0 Å². The van der Waals surface area contributed by atoms with Crippen LogP contribution in [0.15, 0.2) is 15.7 Å². The lowest BCUT2D eigenvalue weighted by atomic mass is 10.0. The molecule has 0 saturated heterocycles. The van der Waals surface area contributed by atoms with Crippen molar-refractivity contribution in [1.82, 2.24) is 20.1 Å². The summed E-state index contributed by atoms with van der Waals surface area (Å²) in [7, 11) is 0. The van der Waals surface area contributed by atoms with E-state index in [1.807, 2.05) is 23.1 Å². The van der Waals surface area contributed by atoms with Crippen molar-refractivity contribution < 1.29 is 0 Å². The molecule has 2 atom stereocenters. The quantitative estimate of drug-likeness (QED) is 0.940. The van der Waals surface area contributed by atoms with Crippen molar-refractivity contribution in [3.05, 3.63) is 28.7 Å². The summed E-state index contributed by atoms with van der Waals surface area (Å²) in [5.74, 6) is 2.33. The third-order valence-corrected chi connectivity index (χ3v) is 6.68. The third-order valence-electron chi connectivity index (χ3n) is 4.34. The number of thioether (sulfide) groups is 1. The average Bonchev–Trinajstić information content (AvgIpc) is 3.14. The predicted octanol–water partition coefficient (Wildman–Crippen LogP) is 3.04. The summed E-state index contributed by atoms with van der Waals surface area (Å²) in [5.41, 5.74) is 1.49. The Morgan fingerprint density at radius 3 is 3.33 bits per heavy atom. The maximum atomic E-state index is 4.34. The first kappa shape index (κ1) is 13.8. The minimum Gasteiger partial charge on any atom is -0.315 e. The summed E-state index contributed by atoms with van der Waals surface area (Å²) in [6.07, 6.45) is 4.51. The van der Waals surface area contributed by atoms with Crippen LogP contribution in [0.1, 0.15) is 43.0 Å². The normalized spacial score (nSPS) is 24.0. The summed E-state index contributed by atoms with van der Waals surface area (Å²) in [4.78, 5) is 0. The van der Waals surface area contributed by atoms with E-state index in [0.29, 0.717) is 11.3 Å². The van der Waals surface area contributed by atoms with E-state index in [1.54, 1.807) is 0 Å². The van der Waals surface area contributed by atoms with E-state index in [-0.39, 0.29) is 0 Å². The maximum absolute atomic E-state index is 4.34. The Bertz CT molecular complexity index is 633. The van der Waals surface area contributed by atoms with Crippen LogP contribution in [0, 0.1) is 0 Å². The van der Waals surface area contributed by atoms with Crippen molar-refractivity contribution >= 4 is 23.1 Å². The first-order valence-corrected chi connectivity index (χ1v) is 9.45. The molecule has 0 saturated carbocycles. The Hall–Kier alpha value is -0.850. The predicted molar refractivity (Wildman–Crippen MR) is 87.0 cm³/mol. The lowest BCUT2D eigenvalue weighted by Gasteiger charge is -2.27. The molecule has 4 heterocycles. The largest absolute Gasteiger partial charge is 0.315 e. The fourth-order valence-electron chi connectivity index (χ4n) is 3.30. The molecule has 112 valence electrons. The molecule has 2 aliphatic rings. The number of thiophene rings is 1. The van der Waals surface area contributed by atoms with Crippen LogP contribution in [0.25, 0.3) is 0 Å². The molecular formula is C15H20N4S2. The highest BCUT2D eigenvalue weighted by Gasteiger charge is 2.26. The molecule has 4 nitrogen and oxygen atoms in total. The number of aryl methyl sites for hydroxylation is 1. The zero-order valence-electron chi connectivity index (χ0n) is 12.2. The summed E-state index contributed by atoms with van der Waals surface area (Å²) >= 11 is 3.90. The Labute approximate surface area is 133 Å². The molecule has 0 aromatic carbocycles. The molecular weight excluding hydrogens is 300 g/mol. The third kappa shape index (κ3) is 2.64. The second kappa shape index (κ2) is 5.74. The van der Waals surface area contributed by atoms with Crippen LogP contribution in [-0.2, 0) is 19.4 Å². The Balaban J connectivity index is 1.39. The number of rotatable bonds is 4. The number of hydrogen-bond acceptors (Lipinski definition) is 5. The molecule has 2 aromatic rings. The van der Waals surface area contributed by atoms with Gasteiger partial charge in [-0.3, -0.25) is 0 Å². The molecule has 2 aromatic heterocycles. The minimum absolute atomic E-state index is 0.503. The number of nitrogens with zero attached hydrogens (tertiary/aromatic N) is 3. The molecule has 0 aliphatic carbocycles. The number of nitrogens with one attached hydrogen (secondary N) is 1. The number of aromatic nitrogens is 3. The van der Waals surface area contributed by atoms with Crippen LogP contribution in [0.2, 0.25) is 0 Å². The van der Waals surface area contributed by atoms with Crippen molar-refractivity contribution in [2.75, 3.05) is 6.54 Å². The lowest BCUT2D eigenvalue weighted by Crippen LogP contribution is -2.28. The molecule has 0 unspecified atom stereocenters. The zero-order valence-corrected chi connectivity index (χ0v) is 13.8. The molecule has 0 bridgehead atoms. The van der Waals surface area contributed by atoms with Gasteiger partial charge in [0.25, 0.3) is 0 Å². The van der Waals surface area contributed by atoms with Gasteiger partial charge in [0, 0.05) is 37.2 Å². The molecule has 2 aliphatic heterocycles. The van der Waals surface area contributed by atoms with Crippen LogP contribution in [0.5, 0.6) is 0 Å².